The zero-order valence-electron chi connectivity index (χ0n) is 26.7. The molecule has 280 valence electrons. The molecule has 4 heterocycles. The zero-order valence-corrected chi connectivity index (χ0v) is 26.7. The fourth-order valence-electron chi connectivity index (χ4n) is 6.02. The van der Waals surface area contributed by atoms with Crippen molar-refractivity contribution < 1.29 is 94.1 Å². The number of fused-ring (bicyclic) bond motifs is 1. The number of benzene rings is 2. The van der Waals surface area contributed by atoms with E-state index in [1.54, 1.807) is 0 Å². The summed E-state index contributed by atoms with van der Waals surface area (Å²) in [5, 5.41) is 124. The summed E-state index contributed by atoms with van der Waals surface area (Å²) in [7, 11) is 0. The van der Waals surface area contributed by atoms with E-state index in [0.717, 1.165) is 18.2 Å². The van der Waals surface area contributed by atoms with Gasteiger partial charge in [0.05, 0.1) is 30.9 Å². The van der Waals surface area contributed by atoms with Crippen molar-refractivity contribution >= 4 is 11.0 Å². The zero-order chi connectivity index (χ0) is 36.9. The van der Waals surface area contributed by atoms with Crippen molar-refractivity contribution in [1.82, 2.24) is 0 Å². The van der Waals surface area contributed by atoms with Crippen LogP contribution in [-0.2, 0) is 23.7 Å². The summed E-state index contributed by atoms with van der Waals surface area (Å²) in [4.78, 5) is 0. The van der Waals surface area contributed by atoms with Crippen LogP contribution in [0.2, 0.25) is 0 Å². The van der Waals surface area contributed by atoms with Gasteiger partial charge in [-0.1, -0.05) is 0 Å². The molecule has 3 aromatic rings. The van der Waals surface area contributed by atoms with Crippen molar-refractivity contribution in [3.63, 3.8) is 0 Å². The first kappa shape index (κ1) is 37.1. The molecule has 1 aromatic heterocycles. The van der Waals surface area contributed by atoms with Crippen molar-refractivity contribution in [2.75, 3.05) is 13.2 Å². The molecule has 0 saturated carbocycles. The van der Waals surface area contributed by atoms with Crippen LogP contribution in [-0.4, -0.2) is 161 Å². The third-order valence-electron chi connectivity index (χ3n) is 8.96. The first-order valence-electron chi connectivity index (χ1n) is 15.8. The molecular weight excluding hydrogens is 688 g/mol. The van der Waals surface area contributed by atoms with E-state index in [0.29, 0.717) is 0 Å². The normalized spacial score (nSPS) is 37.1. The number of aromatic hydroxyl groups is 4. The van der Waals surface area contributed by atoms with Crippen LogP contribution in [0.25, 0.3) is 22.3 Å². The van der Waals surface area contributed by atoms with E-state index in [9.17, 15) is 61.3 Å². The van der Waals surface area contributed by atoms with Gasteiger partial charge in [0.15, 0.2) is 30.2 Å². The minimum absolute atomic E-state index is 0.00468. The lowest BCUT2D eigenvalue weighted by Crippen LogP contribution is -2.63. The third kappa shape index (κ3) is 7.22. The van der Waals surface area contributed by atoms with E-state index in [2.05, 4.69) is 0 Å². The fraction of sp³-hybridized carbons (Fsp3) is 0.531. The molecule has 19 heteroatoms. The maximum absolute atomic E-state index is 11.4. The highest BCUT2D eigenvalue weighted by atomic mass is 16.8. The summed E-state index contributed by atoms with van der Waals surface area (Å²) in [5.41, 5.74) is 0.0427. The molecule has 12 N–H and O–H groups in total. The van der Waals surface area contributed by atoms with E-state index in [1.165, 1.54) is 25.1 Å². The second-order valence-corrected chi connectivity index (χ2v) is 12.5. The SMILES string of the molecule is C[C@@H]1O[C@@H](OC[C@H]2O[C@@H](Oc3cc4c(O)cc(O)cc4[o+]c3-c3ccc(O)c(O)c3)[C@H](O[C@@H]3O[C@H](CO)[C@@H](O)[C@@H]3O)[C@@H](O)[C@@H]2O)[C@H](O)[C@H](O)[C@H]1O. The first-order valence-corrected chi connectivity index (χ1v) is 15.8. The molecule has 51 heavy (non-hydrogen) atoms. The van der Waals surface area contributed by atoms with Crippen molar-refractivity contribution in [3.8, 4) is 40.1 Å². The largest absolute Gasteiger partial charge is 0.507 e. The highest BCUT2D eigenvalue weighted by Crippen LogP contribution is 2.43. The van der Waals surface area contributed by atoms with Gasteiger partial charge in [-0.2, -0.15) is 0 Å². The van der Waals surface area contributed by atoms with Gasteiger partial charge in [0.25, 0.3) is 0 Å². The van der Waals surface area contributed by atoms with Crippen molar-refractivity contribution in [2.24, 2.45) is 0 Å². The summed E-state index contributed by atoms with van der Waals surface area (Å²) in [5.74, 6) is -2.26. The summed E-state index contributed by atoms with van der Waals surface area (Å²) >= 11 is 0. The Bertz CT molecular complexity index is 1690. The lowest BCUT2D eigenvalue weighted by Gasteiger charge is -2.44. The maximum atomic E-state index is 11.4. The monoisotopic (exact) mass is 727 g/mol. The Morgan fingerprint density at radius 3 is 2.04 bits per heavy atom. The molecule has 0 radical (unpaired) electrons. The van der Waals surface area contributed by atoms with Gasteiger partial charge < -0.3 is 89.7 Å². The van der Waals surface area contributed by atoms with Gasteiger partial charge in [0, 0.05) is 18.2 Å². The van der Waals surface area contributed by atoms with Crippen LogP contribution in [0, 0.1) is 0 Å². The minimum atomic E-state index is -1.93. The van der Waals surface area contributed by atoms with Crippen LogP contribution >= 0.6 is 0 Å². The fourth-order valence-corrected chi connectivity index (χ4v) is 6.02. The second kappa shape index (κ2) is 14.8. The van der Waals surface area contributed by atoms with Gasteiger partial charge in [0.2, 0.25) is 12.0 Å². The van der Waals surface area contributed by atoms with Crippen molar-refractivity contribution in [1.29, 1.82) is 0 Å². The van der Waals surface area contributed by atoms with Crippen molar-refractivity contribution in [2.45, 2.75) is 92.9 Å². The second-order valence-electron chi connectivity index (χ2n) is 12.5. The molecule has 0 aliphatic carbocycles. The Kier molecular flexibility index (Phi) is 10.7. The molecule has 0 spiro atoms. The molecule has 2 aromatic carbocycles. The average molecular weight is 728 g/mol. The van der Waals surface area contributed by atoms with Crippen LogP contribution in [0.15, 0.2) is 40.8 Å². The summed E-state index contributed by atoms with van der Waals surface area (Å²) < 4.78 is 40.3. The van der Waals surface area contributed by atoms with E-state index in [1.807, 2.05) is 0 Å². The van der Waals surface area contributed by atoms with E-state index in [-0.39, 0.29) is 33.8 Å². The minimum Gasteiger partial charge on any atom is -0.507 e. The number of aliphatic hydroxyl groups excluding tert-OH is 8. The average Bonchev–Trinajstić information content (AvgIpc) is 3.37. The Balaban J connectivity index is 1.36. The molecule has 19 nitrogen and oxygen atoms in total. The number of rotatable bonds is 9. The summed E-state index contributed by atoms with van der Waals surface area (Å²) in [6, 6.07) is 7.04. The lowest BCUT2D eigenvalue weighted by molar-refractivity contribution is -0.336. The molecule has 3 fully saturated rings. The Morgan fingerprint density at radius 2 is 1.35 bits per heavy atom. The van der Waals surface area contributed by atoms with Gasteiger partial charge in [-0.05, 0) is 19.1 Å². The van der Waals surface area contributed by atoms with Crippen LogP contribution < -0.4 is 4.74 Å². The van der Waals surface area contributed by atoms with Gasteiger partial charge in [-0.3, -0.25) is 0 Å². The molecule has 6 rings (SSSR count). The summed E-state index contributed by atoms with van der Waals surface area (Å²) in [6.45, 7) is 0.106. The Hall–Kier alpha value is -3.67. The molecular formula is C32H39O19+. The first-order chi connectivity index (χ1) is 24.2. The highest BCUT2D eigenvalue weighted by molar-refractivity contribution is 5.88. The molecule has 14 atom stereocenters. The number of phenolic OH excluding ortho intramolecular Hbond substituents is 4. The topological polar surface area (TPSA) is 309 Å². The smallest absolute Gasteiger partial charge is 0.402 e. The van der Waals surface area contributed by atoms with Gasteiger partial charge in [-0.25, -0.2) is 4.42 Å². The molecule has 3 aliphatic rings. The van der Waals surface area contributed by atoms with Gasteiger partial charge in [-0.15, -0.1) is 0 Å². The lowest BCUT2D eigenvalue weighted by atomic mass is 9.98. The molecule has 3 aliphatic heterocycles. The van der Waals surface area contributed by atoms with E-state index in [4.69, 9.17) is 32.8 Å². The quantitative estimate of drug-likeness (QED) is 0.0814. The number of ether oxygens (including phenoxy) is 6. The van der Waals surface area contributed by atoms with E-state index < -0.39 is 116 Å². The number of phenols is 4. The predicted molar refractivity (Wildman–Crippen MR) is 165 cm³/mol. The third-order valence-corrected chi connectivity index (χ3v) is 8.96. The molecule has 3 saturated heterocycles. The van der Waals surface area contributed by atoms with Crippen LogP contribution in [0.3, 0.4) is 0 Å². The number of aliphatic hydroxyl groups is 8. The van der Waals surface area contributed by atoms with E-state index >= 15 is 0 Å². The van der Waals surface area contributed by atoms with Gasteiger partial charge >= 0.3 is 11.3 Å². The standard InChI is InChI=1S/C32H38O19/c1-10-21(38)24(41)27(44)30(46-10)45-9-20-23(40)25(42)29(51-31-26(43)22(39)19(8-33)49-31)32(50-20)48-18-7-13-15(36)5-12(34)6-17(13)47-28(18)11-2-3-14(35)16(37)4-11/h2-7,10,19-27,29-33,38-44H,8-9H2,1H3,(H3-,34,35,36,37)/p+1/t10-,19+,20+,21-,22+,23+,24+,25-,26-,27+,29+,30+,31-,32+/m0/s1. The Labute approximate surface area is 287 Å². The Morgan fingerprint density at radius 1 is 0.667 bits per heavy atom. The molecule has 0 amide bonds. The van der Waals surface area contributed by atoms with Crippen LogP contribution in [0.5, 0.6) is 28.7 Å². The van der Waals surface area contributed by atoms with Crippen LogP contribution in [0.4, 0.5) is 0 Å². The number of hydrogen-bond acceptors (Lipinski definition) is 18. The molecule has 0 bridgehead atoms. The number of hydrogen-bond donors (Lipinski definition) is 12. The maximum Gasteiger partial charge on any atom is 0.402 e. The predicted octanol–water partition coefficient (Wildman–Crippen LogP) is -2.30. The van der Waals surface area contributed by atoms with Crippen LogP contribution in [0.1, 0.15) is 6.92 Å². The van der Waals surface area contributed by atoms with Crippen molar-refractivity contribution in [3.05, 3.63) is 36.4 Å². The highest BCUT2D eigenvalue weighted by Gasteiger charge is 2.52. The van der Waals surface area contributed by atoms with Gasteiger partial charge in [0.1, 0.15) is 71.8 Å². The summed E-state index contributed by atoms with van der Waals surface area (Å²) in [6.07, 6.45) is -22.3. The molecule has 0 unspecified atom stereocenters.